The number of hydrogen-bond donors (Lipinski definition) is 1. The molecule has 1 aromatic heterocycles. The summed E-state index contributed by atoms with van der Waals surface area (Å²) in [5.41, 5.74) is 4.75. The number of fused-ring (bicyclic) bond motifs is 1. The van der Waals surface area contributed by atoms with E-state index < -0.39 is 5.97 Å². The Labute approximate surface area is 142 Å². The first-order chi connectivity index (χ1) is 11.5. The SMILES string of the molecule is CCc1ccc2c(C(=O)O)c(C(C)C)n(Cc3ccccc3)c2c1. The van der Waals surface area contributed by atoms with Gasteiger partial charge >= 0.3 is 5.97 Å². The molecule has 3 nitrogen and oxygen atoms in total. The molecule has 0 unspecified atom stereocenters. The molecule has 24 heavy (non-hydrogen) atoms. The van der Waals surface area contributed by atoms with Crippen molar-refractivity contribution >= 4 is 16.9 Å². The number of carbonyl (C=O) groups is 1. The number of hydrogen-bond acceptors (Lipinski definition) is 1. The summed E-state index contributed by atoms with van der Waals surface area (Å²) in [4.78, 5) is 11.9. The molecule has 0 aliphatic heterocycles. The lowest BCUT2D eigenvalue weighted by molar-refractivity contribution is 0.0697. The van der Waals surface area contributed by atoms with Crippen molar-refractivity contribution in [3.63, 3.8) is 0 Å². The van der Waals surface area contributed by atoms with E-state index in [0.717, 1.165) is 23.0 Å². The highest BCUT2D eigenvalue weighted by atomic mass is 16.4. The molecular formula is C21H23NO2. The number of carboxylic acids is 1. The molecule has 0 saturated heterocycles. The summed E-state index contributed by atoms with van der Waals surface area (Å²) in [7, 11) is 0. The molecule has 3 rings (SSSR count). The Morgan fingerprint density at radius 2 is 1.79 bits per heavy atom. The van der Waals surface area contributed by atoms with Crippen LogP contribution in [0.25, 0.3) is 10.9 Å². The normalized spacial score (nSPS) is 11.3. The Kier molecular flexibility index (Phi) is 4.43. The number of aromatic carboxylic acids is 1. The first-order valence-corrected chi connectivity index (χ1v) is 8.45. The zero-order chi connectivity index (χ0) is 17.3. The molecule has 0 atom stereocenters. The summed E-state index contributed by atoms with van der Waals surface area (Å²) in [6, 6.07) is 16.3. The van der Waals surface area contributed by atoms with Crippen molar-refractivity contribution in [2.24, 2.45) is 0 Å². The third-order valence-corrected chi connectivity index (χ3v) is 4.52. The van der Waals surface area contributed by atoms with Crippen LogP contribution in [0.2, 0.25) is 0 Å². The summed E-state index contributed by atoms with van der Waals surface area (Å²) in [6.07, 6.45) is 0.936. The highest BCUT2D eigenvalue weighted by molar-refractivity contribution is 6.05. The van der Waals surface area contributed by atoms with Crippen molar-refractivity contribution in [3.05, 3.63) is 70.9 Å². The van der Waals surface area contributed by atoms with Crippen LogP contribution in [0.1, 0.15) is 53.9 Å². The molecule has 0 bridgehead atoms. The number of benzene rings is 2. The molecule has 0 aliphatic carbocycles. The Bertz CT molecular complexity index is 876. The molecule has 0 fully saturated rings. The van der Waals surface area contributed by atoms with Crippen molar-refractivity contribution in [2.45, 2.75) is 39.7 Å². The minimum absolute atomic E-state index is 0.136. The number of nitrogens with zero attached hydrogens (tertiary/aromatic N) is 1. The van der Waals surface area contributed by atoms with Crippen molar-refractivity contribution in [2.75, 3.05) is 0 Å². The van der Waals surface area contributed by atoms with Gasteiger partial charge in [0.2, 0.25) is 0 Å². The van der Waals surface area contributed by atoms with Crippen LogP contribution in [-0.2, 0) is 13.0 Å². The number of carboxylic acid groups (broad SMARTS) is 1. The van der Waals surface area contributed by atoms with E-state index >= 15 is 0 Å². The molecule has 2 aromatic carbocycles. The third kappa shape index (κ3) is 2.82. The molecule has 0 saturated carbocycles. The lowest BCUT2D eigenvalue weighted by Crippen LogP contribution is -2.09. The van der Waals surface area contributed by atoms with Gasteiger partial charge in [-0.15, -0.1) is 0 Å². The van der Waals surface area contributed by atoms with Gasteiger partial charge in [-0.2, -0.15) is 0 Å². The average Bonchev–Trinajstić information content (AvgIpc) is 2.90. The molecule has 0 aliphatic rings. The average molecular weight is 321 g/mol. The topological polar surface area (TPSA) is 42.2 Å². The van der Waals surface area contributed by atoms with Gasteiger partial charge < -0.3 is 9.67 Å². The van der Waals surface area contributed by atoms with E-state index in [1.807, 2.05) is 30.3 Å². The fraction of sp³-hybridized carbons (Fsp3) is 0.286. The second-order valence-corrected chi connectivity index (χ2v) is 6.50. The monoisotopic (exact) mass is 321 g/mol. The van der Waals surface area contributed by atoms with E-state index in [1.165, 1.54) is 11.1 Å². The molecule has 0 spiro atoms. The molecule has 124 valence electrons. The molecule has 1 N–H and O–H groups in total. The predicted octanol–water partition coefficient (Wildman–Crippen LogP) is 5.07. The van der Waals surface area contributed by atoms with E-state index in [2.05, 4.69) is 43.5 Å². The second kappa shape index (κ2) is 6.52. The van der Waals surface area contributed by atoms with Gasteiger partial charge in [0.15, 0.2) is 0 Å². The van der Waals surface area contributed by atoms with E-state index in [4.69, 9.17) is 0 Å². The van der Waals surface area contributed by atoms with E-state index in [0.29, 0.717) is 12.1 Å². The molecule has 3 heteroatoms. The van der Waals surface area contributed by atoms with Gasteiger partial charge in [0.25, 0.3) is 0 Å². The van der Waals surface area contributed by atoms with E-state index in [-0.39, 0.29) is 5.92 Å². The fourth-order valence-corrected chi connectivity index (χ4v) is 3.40. The Hall–Kier alpha value is -2.55. The number of aromatic nitrogens is 1. The van der Waals surface area contributed by atoms with Gasteiger partial charge in [-0.25, -0.2) is 4.79 Å². The van der Waals surface area contributed by atoms with Crippen LogP contribution in [0.3, 0.4) is 0 Å². The van der Waals surface area contributed by atoms with Crippen molar-refractivity contribution in [3.8, 4) is 0 Å². The molecular weight excluding hydrogens is 298 g/mol. The van der Waals surface area contributed by atoms with E-state index in [9.17, 15) is 9.90 Å². The second-order valence-electron chi connectivity index (χ2n) is 6.50. The van der Waals surface area contributed by atoms with Crippen LogP contribution in [0.4, 0.5) is 0 Å². The van der Waals surface area contributed by atoms with Gasteiger partial charge in [0.1, 0.15) is 0 Å². The summed E-state index contributed by atoms with van der Waals surface area (Å²) in [5, 5.41) is 10.6. The van der Waals surface area contributed by atoms with Crippen molar-refractivity contribution in [1.82, 2.24) is 4.57 Å². The quantitative estimate of drug-likeness (QED) is 0.712. The maximum atomic E-state index is 11.9. The molecule has 0 radical (unpaired) electrons. The van der Waals surface area contributed by atoms with Crippen LogP contribution in [0.5, 0.6) is 0 Å². The number of rotatable bonds is 5. The Morgan fingerprint density at radius 3 is 2.38 bits per heavy atom. The zero-order valence-corrected chi connectivity index (χ0v) is 14.4. The minimum atomic E-state index is -0.847. The third-order valence-electron chi connectivity index (χ3n) is 4.52. The van der Waals surface area contributed by atoms with Crippen molar-refractivity contribution in [1.29, 1.82) is 0 Å². The summed E-state index contributed by atoms with van der Waals surface area (Å²) in [6.45, 7) is 6.92. The standard InChI is InChI=1S/C21H23NO2/c1-4-15-10-11-17-18(12-15)22(13-16-8-6-5-7-9-16)20(14(2)3)19(17)21(23)24/h5-12,14H,4,13H2,1-3H3,(H,23,24). The van der Waals surface area contributed by atoms with Gasteiger partial charge in [0.05, 0.1) is 5.56 Å². The van der Waals surface area contributed by atoms with Gasteiger partial charge in [-0.05, 0) is 29.5 Å². The van der Waals surface area contributed by atoms with Crippen LogP contribution in [-0.4, -0.2) is 15.6 Å². The smallest absolute Gasteiger partial charge is 0.338 e. The largest absolute Gasteiger partial charge is 0.478 e. The van der Waals surface area contributed by atoms with Gasteiger partial charge in [-0.3, -0.25) is 0 Å². The van der Waals surface area contributed by atoms with Crippen LogP contribution in [0.15, 0.2) is 48.5 Å². The summed E-state index contributed by atoms with van der Waals surface area (Å²) in [5.74, 6) is -0.711. The Balaban J connectivity index is 2.31. The maximum Gasteiger partial charge on any atom is 0.338 e. The van der Waals surface area contributed by atoms with Gasteiger partial charge in [-0.1, -0.05) is 63.2 Å². The molecule has 1 heterocycles. The first-order valence-electron chi connectivity index (χ1n) is 8.45. The fourth-order valence-electron chi connectivity index (χ4n) is 3.40. The predicted molar refractivity (Wildman–Crippen MR) is 97.9 cm³/mol. The van der Waals surface area contributed by atoms with Gasteiger partial charge in [0, 0.05) is 23.1 Å². The minimum Gasteiger partial charge on any atom is -0.478 e. The number of aryl methyl sites for hydroxylation is 1. The lowest BCUT2D eigenvalue weighted by atomic mass is 10.0. The highest BCUT2D eigenvalue weighted by Crippen LogP contribution is 2.33. The maximum absolute atomic E-state index is 11.9. The molecule has 3 aromatic rings. The van der Waals surface area contributed by atoms with E-state index in [1.54, 1.807) is 0 Å². The van der Waals surface area contributed by atoms with Crippen molar-refractivity contribution < 1.29 is 9.90 Å². The van der Waals surface area contributed by atoms with Crippen LogP contribution < -0.4 is 0 Å². The molecule has 0 amide bonds. The lowest BCUT2D eigenvalue weighted by Gasteiger charge is -2.14. The summed E-state index contributed by atoms with van der Waals surface area (Å²) >= 11 is 0. The Morgan fingerprint density at radius 1 is 1.08 bits per heavy atom. The van der Waals surface area contributed by atoms with Crippen LogP contribution >= 0.6 is 0 Å². The zero-order valence-electron chi connectivity index (χ0n) is 14.4. The van der Waals surface area contributed by atoms with Crippen LogP contribution in [0, 0.1) is 0 Å². The highest BCUT2D eigenvalue weighted by Gasteiger charge is 2.24. The first kappa shape index (κ1) is 16.3. The summed E-state index contributed by atoms with van der Waals surface area (Å²) < 4.78 is 2.18.